The lowest BCUT2D eigenvalue weighted by atomic mass is 10.1. The van der Waals surface area contributed by atoms with Crippen LogP contribution in [-0.4, -0.2) is 31.1 Å². The highest BCUT2D eigenvalue weighted by Gasteiger charge is 2.23. The van der Waals surface area contributed by atoms with Crippen molar-refractivity contribution < 1.29 is 4.42 Å². The van der Waals surface area contributed by atoms with Crippen molar-refractivity contribution in [2.45, 2.75) is 25.8 Å². The molecular formula is C14H24Cl2N2O. The molecule has 0 unspecified atom stereocenters. The van der Waals surface area contributed by atoms with E-state index >= 15 is 0 Å². The van der Waals surface area contributed by atoms with Crippen LogP contribution in [0.4, 0.5) is 0 Å². The van der Waals surface area contributed by atoms with Gasteiger partial charge in [0.05, 0.1) is 6.04 Å². The molecule has 0 aliphatic carbocycles. The van der Waals surface area contributed by atoms with E-state index in [-0.39, 0.29) is 24.8 Å². The molecule has 0 saturated carbocycles. The van der Waals surface area contributed by atoms with Crippen LogP contribution in [-0.2, 0) is 0 Å². The predicted molar refractivity (Wildman–Crippen MR) is 84.6 cm³/mol. The standard InChI is InChI=1S/C14H22N2O.2ClH/c1-3-4-5-13(14-7-6-12(2)17-14)16-10-8-15-9-11-16;;/h3,6-7,13,15H,1,4-5,8-11H2,2H3;2*1H/t13-;;/m1../s1. The van der Waals surface area contributed by atoms with Gasteiger partial charge in [-0.3, -0.25) is 4.90 Å². The van der Waals surface area contributed by atoms with Gasteiger partial charge in [-0.05, 0) is 31.9 Å². The van der Waals surface area contributed by atoms with Crippen molar-refractivity contribution in [3.05, 3.63) is 36.3 Å². The van der Waals surface area contributed by atoms with E-state index in [0.29, 0.717) is 6.04 Å². The molecule has 0 bridgehead atoms. The fraction of sp³-hybridized carbons (Fsp3) is 0.571. The number of hydrogen-bond acceptors (Lipinski definition) is 3. The summed E-state index contributed by atoms with van der Waals surface area (Å²) in [6.07, 6.45) is 4.12. The summed E-state index contributed by atoms with van der Waals surface area (Å²) in [4.78, 5) is 2.51. The molecule has 1 aliphatic rings. The monoisotopic (exact) mass is 306 g/mol. The molecule has 0 aromatic carbocycles. The largest absolute Gasteiger partial charge is 0.465 e. The van der Waals surface area contributed by atoms with E-state index in [2.05, 4.69) is 28.9 Å². The lowest BCUT2D eigenvalue weighted by Crippen LogP contribution is -2.45. The van der Waals surface area contributed by atoms with Gasteiger partial charge in [-0.25, -0.2) is 0 Å². The first-order chi connectivity index (χ1) is 8.31. The Hall–Kier alpha value is -0.480. The van der Waals surface area contributed by atoms with E-state index in [1.807, 2.05) is 13.0 Å². The number of nitrogens with zero attached hydrogens (tertiary/aromatic N) is 1. The van der Waals surface area contributed by atoms with E-state index < -0.39 is 0 Å². The number of hydrogen-bond donors (Lipinski definition) is 1. The molecule has 1 N–H and O–H groups in total. The molecule has 0 spiro atoms. The van der Waals surface area contributed by atoms with Gasteiger partial charge in [-0.15, -0.1) is 31.4 Å². The lowest BCUT2D eigenvalue weighted by Gasteiger charge is -2.33. The molecular weight excluding hydrogens is 283 g/mol. The van der Waals surface area contributed by atoms with E-state index in [4.69, 9.17) is 4.42 Å². The number of aryl methyl sites for hydroxylation is 1. The Morgan fingerprint density at radius 2 is 2.05 bits per heavy atom. The van der Waals surface area contributed by atoms with Gasteiger partial charge in [0.25, 0.3) is 0 Å². The molecule has 19 heavy (non-hydrogen) atoms. The second kappa shape index (κ2) is 9.43. The smallest absolute Gasteiger partial charge is 0.121 e. The maximum atomic E-state index is 5.80. The summed E-state index contributed by atoms with van der Waals surface area (Å²) in [6.45, 7) is 10.2. The summed E-state index contributed by atoms with van der Waals surface area (Å²) in [7, 11) is 0. The van der Waals surface area contributed by atoms with Crippen LogP contribution in [0.3, 0.4) is 0 Å². The Kier molecular flexibility index (Phi) is 9.19. The summed E-state index contributed by atoms with van der Waals surface area (Å²) in [5, 5.41) is 3.39. The first-order valence-corrected chi connectivity index (χ1v) is 6.43. The van der Waals surface area contributed by atoms with Gasteiger partial charge in [0.1, 0.15) is 11.5 Å². The van der Waals surface area contributed by atoms with Gasteiger partial charge >= 0.3 is 0 Å². The van der Waals surface area contributed by atoms with Gasteiger partial charge in [-0.1, -0.05) is 6.08 Å². The van der Waals surface area contributed by atoms with Crippen molar-refractivity contribution >= 4 is 24.8 Å². The van der Waals surface area contributed by atoms with Gasteiger partial charge in [0.2, 0.25) is 0 Å². The van der Waals surface area contributed by atoms with E-state index in [0.717, 1.165) is 50.5 Å². The summed E-state index contributed by atoms with van der Waals surface area (Å²) < 4.78 is 5.80. The molecule has 1 aromatic heterocycles. The molecule has 1 aliphatic heterocycles. The molecule has 1 saturated heterocycles. The zero-order valence-corrected chi connectivity index (χ0v) is 13.1. The number of allylic oxidation sites excluding steroid dienone is 1. The fourth-order valence-corrected chi connectivity index (χ4v) is 2.41. The SMILES string of the molecule is C=CCC[C@H](c1ccc(C)o1)N1CCNCC1.Cl.Cl. The van der Waals surface area contributed by atoms with E-state index in [1.165, 1.54) is 0 Å². The van der Waals surface area contributed by atoms with Crippen molar-refractivity contribution in [2.24, 2.45) is 0 Å². The number of piperazine rings is 1. The Morgan fingerprint density at radius 3 is 2.58 bits per heavy atom. The van der Waals surface area contributed by atoms with Crippen molar-refractivity contribution in [1.82, 2.24) is 10.2 Å². The number of nitrogens with one attached hydrogen (secondary N) is 1. The zero-order valence-electron chi connectivity index (χ0n) is 11.4. The molecule has 2 rings (SSSR count). The lowest BCUT2D eigenvalue weighted by molar-refractivity contribution is 0.146. The maximum absolute atomic E-state index is 5.80. The zero-order chi connectivity index (χ0) is 12.1. The van der Waals surface area contributed by atoms with Crippen LogP contribution in [0.2, 0.25) is 0 Å². The summed E-state index contributed by atoms with van der Waals surface area (Å²) >= 11 is 0. The molecule has 1 aromatic rings. The van der Waals surface area contributed by atoms with Crippen LogP contribution in [0.25, 0.3) is 0 Å². The molecule has 2 heterocycles. The normalized spacial score (nSPS) is 17.1. The molecule has 1 atom stereocenters. The molecule has 0 radical (unpaired) electrons. The Morgan fingerprint density at radius 1 is 1.37 bits per heavy atom. The third kappa shape index (κ3) is 5.19. The third-order valence-corrected chi connectivity index (χ3v) is 3.33. The topological polar surface area (TPSA) is 28.4 Å². The third-order valence-electron chi connectivity index (χ3n) is 3.33. The van der Waals surface area contributed by atoms with Gasteiger partial charge in [0, 0.05) is 26.2 Å². The van der Waals surface area contributed by atoms with Crippen LogP contribution < -0.4 is 5.32 Å². The number of rotatable bonds is 5. The van der Waals surface area contributed by atoms with Crippen LogP contribution in [0, 0.1) is 6.92 Å². The van der Waals surface area contributed by atoms with Crippen molar-refractivity contribution in [1.29, 1.82) is 0 Å². The average Bonchev–Trinajstić information content (AvgIpc) is 2.78. The quantitative estimate of drug-likeness (QED) is 0.846. The Labute approximate surface area is 128 Å². The van der Waals surface area contributed by atoms with Crippen molar-refractivity contribution in [2.75, 3.05) is 26.2 Å². The van der Waals surface area contributed by atoms with E-state index in [9.17, 15) is 0 Å². The second-order valence-electron chi connectivity index (χ2n) is 4.62. The van der Waals surface area contributed by atoms with Crippen LogP contribution in [0.1, 0.15) is 30.4 Å². The summed E-state index contributed by atoms with van der Waals surface area (Å²) in [5.74, 6) is 2.10. The van der Waals surface area contributed by atoms with Crippen LogP contribution in [0.5, 0.6) is 0 Å². The highest BCUT2D eigenvalue weighted by Crippen LogP contribution is 2.27. The first kappa shape index (κ1) is 18.5. The molecule has 1 fully saturated rings. The predicted octanol–water partition coefficient (Wildman–Crippen LogP) is 3.34. The minimum absolute atomic E-state index is 0. The minimum Gasteiger partial charge on any atom is -0.465 e. The Balaban J connectivity index is 0.00000162. The molecule has 0 amide bonds. The van der Waals surface area contributed by atoms with Crippen LogP contribution >= 0.6 is 24.8 Å². The summed E-state index contributed by atoms with van der Waals surface area (Å²) in [5.41, 5.74) is 0. The number of furan rings is 1. The molecule has 110 valence electrons. The average molecular weight is 307 g/mol. The molecule has 5 heteroatoms. The van der Waals surface area contributed by atoms with E-state index in [1.54, 1.807) is 0 Å². The van der Waals surface area contributed by atoms with Crippen molar-refractivity contribution in [3.8, 4) is 0 Å². The maximum Gasteiger partial charge on any atom is 0.121 e. The highest BCUT2D eigenvalue weighted by atomic mass is 35.5. The van der Waals surface area contributed by atoms with Crippen LogP contribution in [0.15, 0.2) is 29.2 Å². The first-order valence-electron chi connectivity index (χ1n) is 6.43. The minimum atomic E-state index is 0. The number of halogens is 2. The fourth-order valence-electron chi connectivity index (χ4n) is 2.41. The van der Waals surface area contributed by atoms with Crippen molar-refractivity contribution in [3.63, 3.8) is 0 Å². The highest BCUT2D eigenvalue weighted by molar-refractivity contribution is 5.85. The summed E-state index contributed by atoms with van der Waals surface area (Å²) in [6, 6.07) is 4.58. The second-order valence-corrected chi connectivity index (χ2v) is 4.62. The Bertz CT molecular complexity index is 362. The van der Waals surface area contributed by atoms with Gasteiger partial charge < -0.3 is 9.73 Å². The van der Waals surface area contributed by atoms with Gasteiger partial charge in [0.15, 0.2) is 0 Å². The molecule has 3 nitrogen and oxygen atoms in total. The van der Waals surface area contributed by atoms with Gasteiger partial charge in [-0.2, -0.15) is 0 Å².